The Balaban J connectivity index is 0.000000257. The molecule has 1 amide bonds. The topological polar surface area (TPSA) is 169 Å². The molecule has 0 saturated carbocycles. The summed E-state index contributed by atoms with van der Waals surface area (Å²) in [5.74, 6) is -1.25. The molecule has 38 heavy (non-hydrogen) atoms. The zero-order valence-electron chi connectivity index (χ0n) is 19.6. The van der Waals surface area contributed by atoms with Gasteiger partial charge in [0.1, 0.15) is 16.8 Å². The van der Waals surface area contributed by atoms with Crippen molar-refractivity contribution in [1.29, 1.82) is 5.26 Å². The Morgan fingerprint density at radius 2 is 2.13 bits per heavy atom. The number of nitriles is 1. The third kappa shape index (κ3) is 5.82. The summed E-state index contributed by atoms with van der Waals surface area (Å²) in [5.41, 5.74) is 8.43. The quantitative estimate of drug-likeness (QED) is 0.374. The van der Waals surface area contributed by atoms with Gasteiger partial charge < -0.3 is 25.5 Å². The number of ether oxygens (including phenoxy) is 1. The van der Waals surface area contributed by atoms with Crippen LogP contribution in [0, 0.1) is 17.2 Å². The van der Waals surface area contributed by atoms with E-state index < -0.39 is 24.8 Å². The molecular formula is C23H19F3N7O4S-. The van der Waals surface area contributed by atoms with Gasteiger partial charge >= 0.3 is 12.1 Å². The standard InChI is InChI=1S/C16H9F3N4O3S.C7H10N3O/c17-16(18,19)6-26-10-1-2-20-8-3-11(27-13(8)10)9-5-22-14-12(23-9)7(4-21-14)15(24)25;1-5(9)7(11)10-3-6(2-8)4-10/h1-5H,6H2,(H,21,22)(H,24,25);5-6,9H,3-4H2,1H3/q;-1/t;5-/m.1/s1. The average Bonchev–Trinajstić information content (AvgIpc) is 3.46. The molecule has 15 heteroatoms. The fraction of sp³-hybridized carbons (Fsp3) is 0.304. The van der Waals surface area contributed by atoms with Crippen molar-refractivity contribution < 1.29 is 32.6 Å². The molecule has 1 aliphatic rings. The summed E-state index contributed by atoms with van der Waals surface area (Å²) in [6.07, 6.45) is -0.348. The van der Waals surface area contributed by atoms with Crippen molar-refractivity contribution >= 4 is 44.6 Å². The zero-order valence-corrected chi connectivity index (χ0v) is 20.4. The maximum Gasteiger partial charge on any atom is 0.422 e. The average molecular weight is 547 g/mol. The van der Waals surface area contributed by atoms with Gasteiger partial charge in [0.15, 0.2) is 12.3 Å². The number of carboxylic acids is 1. The molecule has 0 aliphatic carbocycles. The van der Waals surface area contributed by atoms with Gasteiger partial charge in [0.25, 0.3) is 0 Å². The second-order valence-corrected chi connectivity index (χ2v) is 9.34. The van der Waals surface area contributed by atoms with Gasteiger partial charge in [-0.3, -0.25) is 9.78 Å². The maximum absolute atomic E-state index is 12.4. The van der Waals surface area contributed by atoms with Crippen LogP contribution in [-0.4, -0.2) is 73.7 Å². The number of H-pyrrole nitrogens is 1. The number of pyridine rings is 1. The Morgan fingerprint density at radius 3 is 2.76 bits per heavy atom. The summed E-state index contributed by atoms with van der Waals surface area (Å²) in [6.45, 7) is 1.16. The maximum atomic E-state index is 12.4. The summed E-state index contributed by atoms with van der Waals surface area (Å²) >= 11 is 1.14. The SMILES string of the molecule is C[C@@H]([NH-])C(=O)N1CC(C#N)C1.O=C(O)c1c[nH]c2ncc(-c3cc4nccc(OCC(F)(F)F)c4s3)nc12. The molecule has 0 bridgehead atoms. The molecule has 11 nitrogen and oxygen atoms in total. The Hall–Kier alpha value is -4.29. The largest absolute Gasteiger partial charge is 0.667 e. The number of rotatable bonds is 5. The molecule has 4 aromatic heterocycles. The first kappa shape index (κ1) is 26.8. The van der Waals surface area contributed by atoms with E-state index in [0.717, 1.165) is 11.3 Å². The third-order valence-electron chi connectivity index (χ3n) is 5.38. The molecular weight excluding hydrogens is 527 g/mol. The Bertz CT molecular complexity index is 1540. The van der Waals surface area contributed by atoms with Crippen LogP contribution in [0.25, 0.3) is 37.7 Å². The van der Waals surface area contributed by atoms with Gasteiger partial charge in [-0.25, -0.2) is 14.8 Å². The summed E-state index contributed by atoms with van der Waals surface area (Å²) < 4.78 is 42.6. The van der Waals surface area contributed by atoms with E-state index in [9.17, 15) is 27.9 Å². The predicted octanol–water partition coefficient (Wildman–Crippen LogP) is 4.28. The smallest absolute Gasteiger partial charge is 0.422 e. The highest BCUT2D eigenvalue weighted by Gasteiger charge is 2.30. The number of likely N-dealkylation sites (tertiary alicyclic amines) is 1. The van der Waals surface area contributed by atoms with Crippen molar-refractivity contribution in [2.24, 2.45) is 5.92 Å². The summed E-state index contributed by atoms with van der Waals surface area (Å²) in [5, 5.41) is 17.6. The minimum Gasteiger partial charge on any atom is -0.667 e. The van der Waals surface area contributed by atoms with Crippen molar-refractivity contribution in [3.63, 3.8) is 0 Å². The molecule has 0 radical (unpaired) electrons. The van der Waals surface area contributed by atoms with Crippen LogP contribution in [0.15, 0.2) is 30.7 Å². The number of hydrogen-bond acceptors (Lipinski definition) is 8. The molecule has 1 aliphatic heterocycles. The lowest BCUT2D eigenvalue weighted by atomic mass is 10.0. The zero-order chi connectivity index (χ0) is 27.6. The number of alkyl halides is 3. The van der Waals surface area contributed by atoms with Crippen molar-refractivity contribution in [1.82, 2.24) is 24.8 Å². The number of carboxylic acid groups (broad SMARTS) is 1. The van der Waals surface area contributed by atoms with Gasteiger partial charge in [0, 0.05) is 25.5 Å². The second-order valence-electron chi connectivity index (χ2n) is 8.29. The van der Waals surface area contributed by atoms with Crippen LogP contribution < -0.4 is 4.74 Å². The van der Waals surface area contributed by atoms with Gasteiger partial charge in [-0.2, -0.15) is 18.4 Å². The molecule has 0 spiro atoms. The van der Waals surface area contributed by atoms with Gasteiger partial charge in [-0.05, 0) is 12.1 Å². The molecule has 0 aromatic carbocycles. The fourth-order valence-electron chi connectivity index (χ4n) is 3.50. The van der Waals surface area contributed by atoms with E-state index in [2.05, 4.69) is 26.0 Å². The van der Waals surface area contributed by atoms with Crippen molar-refractivity contribution in [2.45, 2.75) is 19.1 Å². The van der Waals surface area contributed by atoms with Crippen molar-refractivity contribution in [3.8, 4) is 22.4 Å². The molecule has 5 rings (SSSR count). The lowest BCUT2D eigenvalue weighted by molar-refractivity contribution is -0.153. The number of nitrogens with one attached hydrogen (secondary N) is 2. The van der Waals surface area contributed by atoms with Crippen LogP contribution in [0.3, 0.4) is 0 Å². The van der Waals surface area contributed by atoms with Crippen LogP contribution in [-0.2, 0) is 4.79 Å². The van der Waals surface area contributed by atoms with E-state index in [1.165, 1.54) is 24.7 Å². The van der Waals surface area contributed by atoms with Crippen molar-refractivity contribution in [3.05, 3.63) is 42.0 Å². The van der Waals surface area contributed by atoms with E-state index >= 15 is 0 Å². The number of amides is 1. The third-order valence-corrected chi connectivity index (χ3v) is 6.54. The van der Waals surface area contributed by atoms with Crippen LogP contribution in [0.2, 0.25) is 0 Å². The number of aromatic carboxylic acids is 1. The number of aromatic amines is 1. The number of carbonyl (C=O) groups excluding carboxylic acids is 1. The first-order valence-corrected chi connectivity index (χ1v) is 11.8. The minimum absolute atomic E-state index is 0.00213. The van der Waals surface area contributed by atoms with Gasteiger partial charge in [-0.15, -0.1) is 11.3 Å². The molecule has 5 heterocycles. The highest BCUT2D eigenvalue weighted by Crippen LogP contribution is 2.37. The van der Waals surface area contributed by atoms with E-state index in [4.69, 9.17) is 15.7 Å². The first-order valence-electron chi connectivity index (χ1n) is 11.0. The Kier molecular flexibility index (Phi) is 7.46. The lowest BCUT2D eigenvalue weighted by Gasteiger charge is -2.38. The number of halogens is 3. The Morgan fingerprint density at radius 1 is 1.39 bits per heavy atom. The molecule has 198 valence electrons. The second kappa shape index (κ2) is 10.6. The molecule has 4 aromatic rings. The van der Waals surface area contributed by atoms with E-state index in [1.54, 1.807) is 17.9 Å². The normalized spacial score (nSPS) is 14.4. The minimum atomic E-state index is -4.45. The van der Waals surface area contributed by atoms with Crippen LogP contribution in [0.5, 0.6) is 5.75 Å². The molecule has 0 unspecified atom stereocenters. The van der Waals surface area contributed by atoms with Crippen LogP contribution in [0.4, 0.5) is 13.2 Å². The van der Waals surface area contributed by atoms with E-state index in [0.29, 0.717) is 39.5 Å². The highest BCUT2D eigenvalue weighted by atomic mass is 32.1. The fourth-order valence-corrected chi connectivity index (χ4v) is 4.54. The molecule has 3 N–H and O–H groups in total. The van der Waals surface area contributed by atoms with Crippen molar-refractivity contribution in [2.75, 3.05) is 19.7 Å². The molecule has 1 fully saturated rings. The Labute approximate surface area is 216 Å². The number of nitrogens with zero attached hydrogens (tertiary/aromatic N) is 5. The number of thiophene rings is 1. The van der Waals surface area contributed by atoms with Gasteiger partial charge in [-0.1, -0.05) is 13.0 Å². The van der Waals surface area contributed by atoms with Gasteiger partial charge in [0.05, 0.1) is 39.0 Å². The summed E-state index contributed by atoms with van der Waals surface area (Å²) in [6, 6.07) is 4.39. The van der Waals surface area contributed by atoms with E-state index in [-0.39, 0.29) is 28.7 Å². The first-order chi connectivity index (χ1) is 18.0. The number of fused-ring (bicyclic) bond motifs is 2. The van der Waals surface area contributed by atoms with Crippen LogP contribution in [0.1, 0.15) is 17.3 Å². The van der Waals surface area contributed by atoms with Crippen LogP contribution >= 0.6 is 11.3 Å². The molecule has 1 saturated heterocycles. The number of aromatic nitrogens is 4. The number of carbonyl (C=O) groups is 2. The predicted molar refractivity (Wildman–Crippen MR) is 130 cm³/mol. The summed E-state index contributed by atoms with van der Waals surface area (Å²) in [4.78, 5) is 39.7. The molecule has 1 atom stereocenters. The lowest BCUT2D eigenvalue weighted by Crippen LogP contribution is -2.51. The monoisotopic (exact) mass is 546 g/mol. The summed E-state index contributed by atoms with van der Waals surface area (Å²) in [7, 11) is 0. The van der Waals surface area contributed by atoms with E-state index in [1.807, 2.05) is 0 Å². The highest BCUT2D eigenvalue weighted by molar-refractivity contribution is 7.22. The number of hydrogen-bond donors (Lipinski definition) is 2. The van der Waals surface area contributed by atoms with Gasteiger partial charge in [0.2, 0.25) is 5.91 Å².